The van der Waals surface area contributed by atoms with Crippen LogP contribution in [-0.4, -0.2) is 136 Å². The first-order valence-electron chi connectivity index (χ1n) is 35.0. The average Bonchev–Trinajstić information content (AvgIpc) is 1.75. The number of anilines is 12. The molecular formula is C75H93F3N22O4S3. The Labute approximate surface area is 638 Å². The highest BCUT2D eigenvalue weighted by atomic mass is 32.2. The monoisotopic (exact) mass is 1520 g/mol. The van der Waals surface area contributed by atoms with Gasteiger partial charge < -0.3 is 51.3 Å². The molecule has 9 N–H and O–H groups in total. The van der Waals surface area contributed by atoms with Gasteiger partial charge >= 0.3 is 6.18 Å². The molecule has 10 aromatic rings. The number of carbonyl (C=O) groups excluding carboxylic acids is 3. The third-order valence-corrected chi connectivity index (χ3v) is 20.5. The Kier molecular flexibility index (Phi) is 22.4. The highest BCUT2D eigenvalue weighted by Crippen LogP contribution is 2.41. The van der Waals surface area contributed by atoms with Gasteiger partial charge in [-0.15, -0.1) is 0 Å². The lowest BCUT2D eigenvalue weighted by Gasteiger charge is -2.47. The predicted octanol–water partition coefficient (Wildman–Crippen LogP) is 16.8. The molecule has 1 aliphatic carbocycles. The van der Waals surface area contributed by atoms with Crippen LogP contribution in [0.15, 0.2) is 164 Å². The lowest BCUT2D eigenvalue weighted by Crippen LogP contribution is -2.61. The number of halogens is 3. The minimum absolute atomic E-state index is 0. The maximum atomic E-state index is 13.1. The lowest BCUT2D eigenvalue weighted by molar-refractivity contribution is -0.142. The Morgan fingerprint density at radius 3 is 1.41 bits per heavy atom. The van der Waals surface area contributed by atoms with Crippen molar-refractivity contribution in [2.75, 3.05) is 92.5 Å². The Balaban J connectivity index is 0.000000230. The summed E-state index contributed by atoms with van der Waals surface area (Å²) in [4.78, 5) is 74.3. The number of hydrogen-bond donors (Lipinski definition) is 9. The lowest BCUT2D eigenvalue weighted by atomic mass is 9.83. The van der Waals surface area contributed by atoms with Crippen molar-refractivity contribution in [1.29, 1.82) is 5.26 Å². The molecule has 0 atom stereocenters. The van der Waals surface area contributed by atoms with Crippen LogP contribution in [0.1, 0.15) is 114 Å². The Hall–Kier alpha value is -10.8. The Bertz CT molecular complexity index is 4880. The molecule has 3 amide bonds. The van der Waals surface area contributed by atoms with Crippen molar-refractivity contribution in [1.82, 2.24) is 60.5 Å². The average molecular weight is 1520 g/mol. The largest absolute Gasteiger partial charge is 0.389 e. The number of hydrogen-bond acceptors (Lipinski definition) is 23. The molecule has 1 spiro atoms. The highest BCUT2D eigenvalue weighted by Gasteiger charge is 2.47. The van der Waals surface area contributed by atoms with Gasteiger partial charge in [0, 0.05) is 144 Å². The van der Waals surface area contributed by atoms with Crippen molar-refractivity contribution < 1.29 is 40.9 Å². The fourth-order valence-corrected chi connectivity index (χ4v) is 14.3. The van der Waals surface area contributed by atoms with E-state index >= 15 is 0 Å². The number of aromatic nitrogens is 12. The van der Waals surface area contributed by atoms with Gasteiger partial charge in [-0.3, -0.25) is 29.7 Å². The first-order chi connectivity index (χ1) is 51.3. The number of nitrogens with zero attached hydrogens (tertiary/aromatic N) is 13. The van der Waals surface area contributed by atoms with Crippen LogP contribution < -0.4 is 46.6 Å². The van der Waals surface area contributed by atoms with Crippen LogP contribution in [0.5, 0.6) is 0 Å². The van der Waals surface area contributed by atoms with Crippen LogP contribution in [0, 0.1) is 43.4 Å². The SMILES string of the molecule is Cc1cc(Nc2cc(N3CC(C)(C#N)C3)nc(Sc3ccc(NC(=O)c4ccccc4C(C)(C)C)cc3)n2)n[nH]1.Cc1cc(Nc2cc(N3CC4(CCCO4)C3)nc(Sc3ccc(NC(=O)C4CC4)cc3)n2)n[nH]1.Cc1cc(Nc2cc(N3CCC3)nc(Sc3ccc(NC(=O)CCC(F)(F)F)cc3)n2)n[nH]1.[HH].[HH].[HH].[HH].[HH].[HH]. The third-order valence-electron chi connectivity index (χ3n) is 17.8. The maximum Gasteiger partial charge on any atom is 0.389 e. The number of H-pyrrole nitrogens is 3. The minimum Gasteiger partial charge on any atom is -0.371 e. The van der Waals surface area contributed by atoms with E-state index in [9.17, 15) is 32.8 Å². The molecule has 4 aromatic carbocycles. The Morgan fingerprint density at radius 1 is 0.579 bits per heavy atom. The summed E-state index contributed by atoms with van der Waals surface area (Å²) in [7, 11) is 0. The van der Waals surface area contributed by atoms with Crippen molar-refractivity contribution >= 4 is 122 Å². The van der Waals surface area contributed by atoms with Gasteiger partial charge in [0.25, 0.3) is 5.91 Å². The van der Waals surface area contributed by atoms with E-state index in [2.05, 4.69) is 114 Å². The summed E-state index contributed by atoms with van der Waals surface area (Å²) in [5.74, 6) is 5.90. The quantitative estimate of drug-likeness (QED) is 0.0285. The molecule has 566 valence electrons. The standard InChI is InChI=1S/C30H32N8OS.C24H27N7O2S.C21H22F3N7OS.6H2/c1-19-14-25(37-36-19)33-24-15-26(38-17-30(5,16-31)18-38)35-28(34-24)40-21-12-10-20(11-13-21)32-27(39)22-8-6-7-9-23(22)29(2,3)4;1-15-11-20(30-29-15)26-19-12-21(31-13-24(14-31)9-2-10-33-24)28-23(27-19)34-18-7-5-17(6-8-18)25-22(32)16-3-4-16;1-13-11-17(30-29-13)26-16-12-18(31-9-2-10-31)28-20(27-16)33-15-5-3-14(4-6-15)25-19(32)7-8-21(22,23)24;;;;;;/h6-15H,17-18H2,1-5H3,(H,32,39)(H2,33,34,35,36,37);5-8,11-12,16H,2-4,9-10,13-14H2,1H3,(H,25,32)(H2,26,27,28,29,30);3-6,11-12H,2,7-10H2,1H3,(H,25,32)(H2,26,27,28,29,30);6*1H. The highest BCUT2D eigenvalue weighted by molar-refractivity contribution is 7.99. The van der Waals surface area contributed by atoms with Crippen molar-refractivity contribution in [2.45, 2.75) is 141 Å². The number of nitrogens with one attached hydrogen (secondary N) is 9. The number of rotatable bonds is 22. The van der Waals surface area contributed by atoms with E-state index in [-0.39, 0.29) is 42.7 Å². The number of amides is 3. The van der Waals surface area contributed by atoms with Gasteiger partial charge in [0.2, 0.25) is 11.8 Å². The summed E-state index contributed by atoms with van der Waals surface area (Å²) in [5.41, 5.74) is 5.94. The molecule has 0 radical (unpaired) electrons. The molecule has 5 fully saturated rings. The zero-order valence-corrected chi connectivity index (χ0v) is 62.4. The third kappa shape index (κ3) is 20.2. The predicted molar refractivity (Wildman–Crippen MR) is 422 cm³/mol. The first-order valence-corrected chi connectivity index (χ1v) is 37.5. The second-order valence-electron chi connectivity index (χ2n) is 28.3. The summed E-state index contributed by atoms with van der Waals surface area (Å²) in [6, 6.07) is 43.8. The van der Waals surface area contributed by atoms with Gasteiger partial charge in [-0.1, -0.05) is 39.0 Å². The van der Waals surface area contributed by atoms with E-state index in [1.165, 1.54) is 35.3 Å². The normalized spacial score (nSPS) is 15.4. The summed E-state index contributed by atoms with van der Waals surface area (Å²) in [6.45, 7) is 19.7. The molecule has 32 heteroatoms. The van der Waals surface area contributed by atoms with E-state index in [1.54, 1.807) is 24.3 Å². The maximum absolute atomic E-state index is 13.1. The molecule has 6 aromatic heterocycles. The van der Waals surface area contributed by atoms with Crippen LogP contribution in [0.3, 0.4) is 0 Å². The fraction of sp³-hybridized carbons (Fsp3) is 0.347. The molecule has 107 heavy (non-hydrogen) atoms. The minimum atomic E-state index is -4.36. The van der Waals surface area contributed by atoms with Gasteiger partial charge in [-0.25, -0.2) is 29.9 Å². The topological polar surface area (TPSA) is 330 Å². The molecule has 1 saturated carbocycles. The van der Waals surface area contributed by atoms with Gasteiger partial charge in [0.1, 0.15) is 40.5 Å². The molecule has 0 bridgehead atoms. The molecule has 4 aliphatic heterocycles. The van der Waals surface area contributed by atoms with Gasteiger partial charge in [0.05, 0.1) is 31.0 Å². The van der Waals surface area contributed by atoms with Crippen LogP contribution >= 0.6 is 35.3 Å². The smallest absolute Gasteiger partial charge is 0.371 e. The van der Waals surface area contributed by atoms with E-state index in [0.717, 1.165) is 125 Å². The Morgan fingerprint density at radius 2 is 1.02 bits per heavy atom. The number of ether oxygens (including phenoxy) is 1. The van der Waals surface area contributed by atoms with Crippen molar-refractivity contribution in [2.24, 2.45) is 11.3 Å². The summed E-state index contributed by atoms with van der Waals surface area (Å²) < 4.78 is 42.8. The van der Waals surface area contributed by atoms with Crippen LogP contribution in [-0.2, 0) is 19.7 Å². The van der Waals surface area contributed by atoms with Crippen molar-refractivity contribution in [3.05, 3.63) is 162 Å². The number of nitriles is 1. The van der Waals surface area contributed by atoms with Gasteiger partial charge in [-0.2, -0.15) is 33.7 Å². The molecule has 4 saturated heterocycles. The zero-order valence-electron chi connectivity index (χ0n) is 60.0. The van der Waals surface area contributed by atoms with Gasteiger partial charge in [0.15, 0.2) is 32.9 Å². The molecule has 0 unspecified atom stereocenters. The fourth-order valence-electron chi connectivity index (χ4n) is 12.0. The number of carbonyl (C=O) groups is 3. The number of aromatic amines is 3. The second kappa shape index (κ2) is 32.1. The molecule has 26 nitrogen and oxygen atoms in total. The van der Waals surface area contributed by atoms with E-state index < -0.39 is 24.9 Å². The molecule has 5 aliphatic rings. The van der Waals surface area contributed by atoms with E-state index in [4.69, 9.17) is 24.7 Å². The first kappa shape index (κ1) is 74.5. The summed E-state index contributed by atoms with van der Waals surface area (Å²) >= 11 is 4.26. The van der Waals surface area contributed by atoms with Crippen LogP contribution in [0.4, 0.5) is 82.6 Å². The zero-order chi connectivity index (χ0) is 75.0. The van der Waals surface area contributed by atoms with Crippen molar-refractivity contribution in [3.63, 3.8) is 0 Å². The molecule has 10 heterocycles. The van der Waals surface area contributed by atoms with Crippen LogP contribution in [0.25, 0.3) is 0 Å². The summed E-state index contributed by atoms with van der Waals surface area (Å²) in [5, 5.41) is 50.8. The number of alkyl halides is 3. The second-order valence-corrected chi connectivity index (χ2v) is 31.4. The molecular weight excluding hydrogens is 1430 g/mol. The van der Waals surface area contributed by atoms with Crippen LogP contribution in [0.2, 0.25) is 0 Å². The molecule has 15 rings (SSSR count). The van der Waals surface area contributed by atoms with E-state index in [0.29, 0.717) is 80.4 Å². The summed E-state index contributed by atoms with van der Waals surface area (Å²) in [6.07, 6.45) is -0.777. The number of benzene rings is 4. The van der Waals surface area contributed by atoms with Crippen molar-refractivity contribution in [3.8, 4) is 6.07 Å². The van der Waals surface area contributed by atoms with Gasteiger partial charge in [-0.05, 0) is 185 Å². The number of aryl methyl sites for hydroxylation is 3. The van der Waals surface area contributed by atoms with E-state index in [1.807, 2.05) is 137 Å².